The lowest BCUT2D eigenvalue weighted by Gasteiger charge is -2.04. The van der Waals surface area contributed by atoms with Gasteiger partial charge < -0.3 is 4.74 Å². The molecule has 1 aromatic rings. The van der Waals surface area contributed by atoms with Gasteiger partial charge in [-0.1, -0.05) is 71.1 Å². The summed E-state index contributed by atoms with van der Waals surface area (Å²) in [4.78, 5) is 11.7. The van der Waals surface area contributed by atoms with Crippen molar-refractivity contribution >= 4 is 5.97 Å². The molecule has 0 unspecified atom stereocenters. The van der Waals surface area contributed by atoms with Crippen LogP contribution in [0, 0.1) is 6.92 Å². The van der Waals surface area contributed by atoms with Crippen LogP contribution in [0.4, 0.5) is 0 Å². The van der Waals surface area contributed by atoms with E-state index in [0.29, 0.717) is 13.0 Å². The third-order valence-electron chi connectivity index (χ3n) is 4.65. The molecule has 0 saturated carbocycles. The minimum Gasteiger partial charge on any atom is -0.459 e. The number of hydrogen-bond donors (Lipinski definition) is 0. The zero-order valence-corrected chi connectivity index (χ0v) is 16.5. The van der Waals surface area contributed by atoms with Crippen molar-refractivity contribution in [2.24, 2.45) is 0 Å². The molecule has 142 valence electrons. The average Bonchev–Trinajstić information content (AvgIpc) is 2.61. The van der Waals surface area contributed by atoms with Crippen LogP contribution in [-0.4, -0.2) is 12.6 Å². The minimum absolute atomic E-state index is 0.0522. The van der Waals surface area contributed by atoms with Crippen molar-refractivity contribution in [3.05, 3.63) is 30.1 Å². The van der Waals surface area contributed by atoms with Crippen molar-refractivity contribution in [2.75, 3.05) is 6.61 Å². The third kappa shape index (κ3) is 12.6. The Balaban J connectivity index is 1.86. The van der Waals surface area contributed by atoms with E-state index in [1.165, 1.54) is 63.4 Å². The van der Waals surface area contributed by atoms with Gasteiger partial charge in [0, 0.05) is 18.6 Å². The molecule has 0 fully saturated rings. The molecule has 25 heavy (non-hydrogen) atoms. The first kappa shape index (κ1) is 21.7. The molecule has 0 aromatic carbocycles. The summed E-state index contributed by atoms with van der Waals surface area (Å²) < 4.78 is 7.35. The maximum Gasteiger partial charge on any atom is 0.306 e. The number of hydrogen-bond acceptors (Lipinski definition) is 2. The maximum absolute atomic E-state index is 11.7. The first-order valence-corrected chi connectivity index (χ1v) is 10.3. The van der Waals surface area contributed by atoms with Crippen molar-refractivity contribution in [3.63, 3.8) is 0 Å². The van der Waals surface area contributed by atoms with Gasteiger partial charge in [-0.15, -0.1) is 0 Å². The van der Waals surface area contributed by atoms with Crippen LogP contribution in [0.2, 0.25) is 0 Å². The lowest BCUT2D eigenvalue weighted by atomic mass is 10.1. The van der Waals surface area contributed by atoms with Crippen molar-refractivity contribution < 1.29 is 14.1 Å². The molecular formula is C22H38NO2+. The van der Waals surface area contributed by atoms with E-state index in [0.717, 1.165) is 19.4 Å². The van der Waals surface area contributed by atoms with E-state index in [1.54, 1.807) is 0 Å². The van der Waals surface area contributed by atoms with Crippen LogP contribution in [0.25, 0.3) is 0 Å². The number of esters is 1. The molecule has 0 aliphatic rings. The molecule has 3 heteroatoms. The second-order valence-electron chi connectivity index (χ2n) is 7.12. The van der Waals surface area contributed by atoms with Crippen LogP contribution in [0.1, 0.15) is 89.5 Å². The molecule has 0 N–H and O–H groups in total. The smallest absolute Gasteiger partial charge is 0.306 e. The Labute approximate surface area is 154 Å². The third-order valence-corrected chi connectivity index (χ3v) is 4.65. The zero-order valence-electron chi connectivity index (χ0n) is 16.5. The van der Waals surface area contributed by atoms with Gasteiger partial charge in [0.25, 0.3) is 0 Å². The van der Waals surface area contributed by atoms with Gasteiger partial charge in [0.15, 0.2) is 25.5 Å². The normalized spacial score (nSPS) is 10.8. The Bertz CT molecular complexity index is 442. The number of carbonyl (C=O) groups excluding carboxylic acids is 1. The van der Waals surface area contributed by atoms with Crippen LogP contribution in [-0.2, 0) is 16.1 Å². The van der Waals surface area contributed by atoms with Gasteiger partial charge in [-0.05, 0) is 18.9 Å². The fourth-order valence-corrected chi connectivity index (χ4v) is 2.95. The topological polar surface area (TPSA) is 30.2 Å². The quantitative estimate of drug-likeness (QED) is 0.237. The van der Waals surface area contributed by atoms with E-state index in [1.807, 2.05) is 17.0 Å². The summed E-state index contributed by atoms with van der Waals surface area (Å²) in [5, 5.41) is 0. The minimum atomic E-state index is -0.0522. The molecule has 0 atom stereocenters. The maximum atomic E-state index is 11.7. The van der Waals surface area contributed by atoms with E-state index in [-0.39, 0.29) is 5.97 Å². The van der Waals surface area contributed by atoms with Gasteiger partial charge in [-0.3, -0.25) is 4.79 Å². The SMILES string of the molecule is CCCCCCCCCCCCCC(=O)OCC[n+]1ccc(C)cc1. The van der Waals surface area contributed by atoms with Gasteiger partial charge in [0.05, 0.1) is 0 Å². The van der Waals surface area contributed by atoms with Crippen molar-refractivity contribution in [1.82, 2.24) is 0 Å². The first-order chi connectivity index (χ1) is 12.2. The number of ether oxygens (including phenoxy) is 1. The lowest BCUT2D eigenvalue weighted by Crippen LogP contribution is -2.35. The molecular weight excluding hydrogens is 310 g/mol. The highest BCUT2D eigenvalue weighted by Gasteiger charge is 2.05. The number of rotatable bonds is 15. The van der Waals surface area contributed by atoms with Crippen LogP contribution < -0.4 is 4.57 Å². The van der Waals surface area contributed by atoms with Gasteiger partial charge in [-0.2, -0.15) is 0 Å². The summed E-state index contributed by atoms with van der Waals surface area (Å²) in [5.41, 5.74) is 1.24. The first-order valence-electron chi connectivity index (χ1n) is 10.3. The summed E-state index contributed by atoms with van der Waals surface area (Å²) in [6.45, 7) is 5.52. The summed E-state index contributed by atoms with van der Waals surface area (Å²) in [7, 11) is 0. The second kappa shape index (κ2) is 14.9. The predicted octanol–water partition coefficient (Wildman–Crippen LogP) is 5.53. The molecule has 0 aliphatic heterocycles. The van der Waals surface area contributed by atoms with Gasteiger partial charge >= 0.3 is 5.97 Å². The molecule has 0 aliphatic carbocycles. The Kier molecular flexibility index (Phi) is 12.9. The highest BCUT2D eigenvalue weighted by atomic mass is 16.5. The lowest BCUT2D eigenvalue weighted by molar-refractivity contribution is -0.698. The Hall–Kier alpha value is -1.38. The zero-order chi connectivity index (χ0) is 18.2. The summed E-state index contributed by atoms with van der Waals surface area (Å²) in [5.74, 6) is -0.0522. The molecule has 1 aromatic heterocycles. The molecule has 3 nitrogen and oxygen atoms in total. The van der Waals surface area contributed by atoms with Crippen LogP contribution in [0.15, 0.2) is 24.5 Å². The summed E-state index contributed by atoms with van der Waals surface area (Å²) in [6, 6.07) is 4.13. The Morgan fingerprint density at radius 3 is 1.96 bits per heavy atom. The number of pyridine rings is 1. The summed E-state index contributed by atoms with van der Waals surface area (Å²) in [6.07, 6.45) is 18.9. The van der Waals surface area contributed by atoms with E-state index in [2.05, 4.69) is 26.0 Å². The van der Waals surface area contributed by atoms with E-state index in [4.69, 9.17) is 4.74 Å². The molecule has 0 spiro atoms. The van der Waals surface area contributed by atoms with Crippen molar-refractivity contribution in [1.29, 1.82) is 0 Å². The van der Waals surface area contributed by atoms with Crippen LogP contribution in [0.5, 0.6) is 0 Å². The average molecular weight is 349 g/mol. The van der Waals surface area contributed by atoms with Gasteiger partial charge in [0.1, 0.15) is 0 Å². The fourth-order valence-electron chi connectivity index (χ4n) is 2.95. The standard InChI is InChI=1S/C22H38NO2/c1-3-4-5-6-7-8-9-10-11-12-13-14-22(24)25-20-19-23-17-15-21(2)16-18-23/h15-18H,3-14,19-20H2,1-2H3/q+1. The van der Waals surface area contributed by atoms with Crippen molar-refractivity contribution in [3.8, 4) is 0 Å². The number of aromatic nitrogens is 1. The molecule has 0 radical (unpaired) electrons. The monoisotopic (exact) mass is 348 g/mol. The highest BCUT2D eigenvalue weighted by Crippen LogP contribution is 2.12. The van der Waals surface area contributed by atoms with Gasteiger partial charge in [0.2, 0.25) is 0 Å². The van der Waals surface area contributed by atoms with Gasteiger partial charge in [-0.25, -0.2) is 4.57 Å². The summed E-state index contributed by atoms with van der Waals surface area (Å²) >= 11 is 0. The molecule has 0 bridgehead atoms. The molecule has 1 rings (SSSR count). The largest absolute Gasteiger partial charge is 0.459 e. The van der Waals surface area contributed by atoms with E-state index in [9.17, 15) is 4.79 Å². The van der Waals surface area contributed by atoms with E-state index >= 15 is 0 Å². The van der Waals surface area contributed by atoms with E-state index < -0.39 is 0 Å². The van der Waals surface area contributed by atoms with Crippen LogP contribution >= 0.6 is 0 Å². The number of nitrogens with zero attached hydrogens (tertiary/aromatic N) is 1. The number of carbonyl (C=O) groups is 1. The fraction of sp³-hybridized carbons (Fsp3) is 0.727. The van der Waals surface area contributed by atoms with Crippen LogP contribution in [0.3, 0.4) is 0 Å². The molecule has 1 heterocycles. The predicted molar refractivity (Wildman–Crippen MR) is 103 cm³/mol. The molecule has 0 amide bonds. The Morgan fingerprint density at radius 2 is 1.40 bits per heavy atom. The number of aryl methyl sites for hydroxylation is 1. The molecule has 0 saturated heterocycles. The Morgan fingerprint density at radius 1 is 0.880 bits per heavy atom. The highest BCUT2D eigenvalue weighted by molar-refractivity contribution is 5.69. The second-order valence-corrected chi connectivity index (χ2v) is 7.12. The van der Waals surface area contributed by atoms with Crippen molar-refractivity contribution in [2.45, 2.75) is 97.4 Å². The number of unbranched alkanes of at least 4 members (excludes halogenated alkanes) is 10.